The number of hydrogen-bond acceptors (Lipinski definition) is 3. The van der Waals surface area contributed by atoms with Gasteiger partial charge >= 0.3 is 0 Å². The standard InChI is InChI=1S/C53H41N3O/c1-53(2,3)34-41-16-13-22-46(50(41)39-30-31-49-47(33-39)45-21-11-12-23-48(45)56(49)42-17-5-4-6-18-42)44-20-10-9-19-43(44)36-25-27-37(28-26-36)51-54-55-52(57-51)40-29-24-35-14-7-8-15-38(35)32-40/h4-33H,34H2,1-3H3. The van der Waals surface area contributed by atoms with Gasteiger partial charge in [0.2, 0.25) is 11.8 Å². The lowest BCUT2D eigenvalue weighted by molar-refractivity contribution is 0.412. The van der Waals surface area contributed by atoms with E-state index in [1.165, 1.54) is 60.6 Å². The minimum atomic E-state index is 0.0963. The summed E-state index contributed by atoms with van der Waals surface area (Å²) in [7, 11) is 0. The van der Waals surface area contributed by atoms with Crippen LogP contribution in [0.1, 0.15) is 26.3 Å². The van der Waals surface area contributed by atoms with Crippen LogP contribution in [0, 0.1) is 5.41 Å². The molecule has 0 aliphatic rings. The van der Waals surface area contributed by atoms with Crippen molar-refractivity contribution in [2.75, 3.05) is 0 Å². The van der Waals surface area contributed by atoms with Gasteiger partial charge in [0.1, 0.15) is 0 Å². The zero-order valence-electron chi connectivity index (χ0n) is 32.3. The lowest BCUT2D eigenvalue weighted by atomic mass is 9.81. The fourth-order valence-corrected chi connectivity index (χ4v) is 8.41. The molecule has 2 heterocycles. The van der Waals surface area contributed by atoms with Gasteiger partial charge in [0.15, 0.2) is 0 Å². The lowest BCUT2D eigenvalue weighted by Gasteiger charge is -2.24. The molecule has 4 heteroatoms. The quantitative estimate of drug-likeness (QED) is 0.164. The minimum absolute atomic E-state index is 0.0963. The second-order valence-corrected chi connectivity index (χ2v) is 16.1. The van der Waals surface area contributed by atoms with Crippen molar-refractivity contribution < 1.29 is 4.42 Å². The highest BCUT2D eigenvalue weighted by atomic mass is 16.4. The van der Waals surface area contributed by atoms with Crippen molar-refractivity contribution in [3.05, 3.63) is 188 Å². The predicted octanol–water partition coefficient (Wildman–Crippen LogP) is 14.2. The molecule has 0 bridgehead atoms. The monoisotopic (exact) mass is 735 g/mol. The second kappa shape index (κ2) is 13.9. The highest BCUT2D eigenvalue weighted by Crippen LogP contribution is 2.44. The van der Waals surface area contributed by atoms with Crippen molar-refractivity contribution in [3.8, 4) is 62.0 Å². The van der Waals surface area contributed by atoms with Crippen molar-refractivity contribution >= 4 is 32.6 Å². The van der Waals surface area contributed by atoms with E-state index in [4.69, 9.17) is 4.42 Å². The van der Waals surface area contributed by atoms with E-state index in [1.54, 1.807) is 0 Å². The molecule has 0 spiro atoms. The largest absolute Gasteiger partial charge is 0.416 e. The van der Waals surface area contributed by atoms with Crippen molar-refractivity contribution in [3.63, 3.8) is 0 Å². The van der Waals surface area contributed by atoms with Crippen LogP contribution in [0.15, 0.2) is 186 Å². The van der Waals surface area contributed by atoms with E-state index >= 15 is 0 Å². The Morgan fingerprint density at radius 1 is 0.456 bits per heavy atom. The maximum absolute atomic E-state index is 6.22. The molecular weight excluding hydrogens is 695 g/mol. The zero-order chi connectivity index (χ0) is 38.5. The van der Waals surface area contributed by atoms with E-state index in [0.29, 0.717) is 11.8 Å². The third-order valence-electron chi connectivity index (χ3n) is 10.9. The number of hydrogen-bond donors (Lipinski definition) is 0. The van der Waals surface area contributed by atoms with Crippen molar-refractivity contribution in [2.45, 2.75) is 27.2 Å². The van der Waals surface area contributed by atoms with Crippen LogP contribution in [0.2, 0.25) is 0 Å². The van der Waals surface area contributed by atoms with Crippen molar-refractivity contribution in [1.82, 2.24) is 14.8 Å². The Labute approximate surface area is 332 Å². The average Bonchev–Trinajstić information content (AvgIpc) is 3.87. The Kier molecular flexibility index (Phi) is 8.41. The van der Waals surface area contributed by atoms with Gasteiger partial charge in [-0.15, -0.1) is 10.2 Å². The molecule has 0 saturated heterocycles. The third kappa shape index (κ3) is 6.39. The number of rotatable bonds is 7. The molecule has 10 rings (SSSR count). The average molecular weight is 736 g/mol. The van der Waals surface area contributed by atoms with Crippen molar-refractivity contribution in [1.29, 1.82) is 0 Å². The van der Waals surface area contributed by atoms with E-state index in [2.05, 4.69) is 199 Å². The third-order valence-corrected chi connectivity index (χ3v) is 10.9. The molecule has 0 saturated carbocycles. The van der Waals surface area contributed by atoms with E-state index in [0.717, 1.165) is 34.2 Å². The highest BCUT2D eigenvalue weighted by molar-refractivity contribution is 6.11. The second-order valence-electron chi connectivity index (χ2n) is 16.1. The van der Waals surface area contributed by atoms with Gasteiger partial charge in [-0.05, 0) is 116 Å². The number of nitrogens with zero attached hydrogens (tertiary/aromatic N) is 3. The molecule has 0 aliphatic carbocycles. The minimum Gasteiger partial charge on any atom is -0.416 e. The molecule has 0 atom stereocenters. The molecule has 0 aliphatic heterocycles. The topological polar surface area (TPSA) is 43.9 Å². The molecule has 2 aromatic heterocycles. The maximum Gasteiger partial charge on any atom is 0.248 e. The Bertz CT molecular complexity index is 3070. The van der Waals surface area contributed by atoms with E-state index in [9.17, 15) is 0 Å². The first-order valence-electron chi connectivity index (χ1n) is 19.6. The SMILES string of the molecule is CC(C)(C)Cc1cccc(-c2ccccc2-c2ccc(-c3nnc(-c4ccc5ccccc5c4)o3)cc2)c1-c1ccc2c(c1)c1ccccc1n2-c1ccccc1. The number of aromatic nitrogens is 3. The summed E-state index contributed by atoms with van der Waals surface area (Å²) in [5.74, 6) is 1.01. The van der Waals surface area contributed by atoms with Crippen LogP contribution in [0.25, 0.3) is 94.6 Å². The summed E-state index contributed by atoms with van der Waals surface area (Å²) < 4.78 is 8.60. The first-order chi connectivity index (χ1) is 27.9. The van der Waals surface area contributed by atoms with Gasteiger partial charge in [-0.2, -0.15) is 0 Å². The van der Waals surface area contributed by atoms with Crippen LogP contribution in [0.4, 0.5) is 0 Å². The van der Waals surface area contributed by atoms with Gasteiger partial charge in [0.05, 0.1) is 11.0 Å². The summed E-state index contributed by atoms with van der Waals surface area (Å²) in [6, 6.07) is 65.1. The zero-order valence-corrected chi connectivity index (χ0v) is 32.3. The number of benzene rings is 8. The molecule has 0 N–H and O–H groups in total. The Balaban J connectivity index is 1.07. The van der Waals surface area contributed by atoms with Crippen LogP contribution >= 0.6 is 0 Å². The van der Waals surface area contributed by atoms with Crippen LogP contribution < -0.4 is 0 Å². The predicted molar refractivity (Wildman–Crippen MR) is 236 cm³/mol. The molecule has 57 heavy (non-hydrogen) atoms. The molecule has 274 valence electrons. The molecule has 8 aromatic carbocycles. The molecule has 0 unspecified atom stereocenters. The summed E-state index contributed by atoms with van der Waals surface area (Å²) in [6.07, 6.45) is 0.947. The molecule has 10 aromatic rings. The lowest BCUT2D eigenvalue weighted by Crippen LogP contribution is -2.10. The van der Waals surface area contributed by atoms with Gasteiger partial charge in [-0.3, -0.25) is 0 Å². The normalized spacial score (nSPS) is 11.8. The van der Waals surface area contributed by atoms with E-state index in [1.807, 2.05) is 18.2 Å². The smallest absolute Gasteiger partial charge is 0.248 e. The van der Waals surface area contributed by atoms with Crippen molar-refractivity contribution in [2.24, 2.45) is 5.41 Å². The van der Waals surface area contributed by atoms with Gasteiger partial charge in [0.25, 0.3) is 0 Å². The molecule has 4 nitrogen and oxygen atoms in total. The molecule has 0 amide bonds. The summed E-state index contributed by atoms with van der Waals surface area (Å²) in [5, 5.41) is 13.7. The first kappa shape index (κ1) is 34.5. The molecule has 0 fully saturated rings. The highest BCUT2D eigenvalue weighted by Gasteiger charge is 2.22. The van der Waals surface area contributed by atoms with E-state index in [-0.39, 0.29) is 5.41 Å². The van der Waals surface area contributed by atoms with Gasteiger partial charge in [-0.1, -0.05) is 148 Å². The Hall–Kier alpha value is -7.04. The van der Waals surface area contributed by atoms with Crippen LogP contribution in [-0.4, -0.2) is 14.8 Å². The fourth-order valence-electron chi connectivity index (χ4n) is 8.41. The summed E-state index contributed by atoms with van der Waals surface area (Å²) >= 11 is 0. The Morgan fingerprint density at radius 3 is 1.88 bits per heavy atom. The molecule has 0 radical (unpaired) electrons. The van der Waals surface area contributed by atoms with E-state index < -0.39 is 0 Å². The Morgan fingerprint density at radius 2 is 1.07 bits per heavy atom. The molecular formula is C53H41N3O. The summed E-state index contributed by atoms with van der Waals surface area (Å²) in [4.78, 5) is 0. The summed E-state index contributed by atoms with van der Waals surface area (Å²) in [6.45, 7) is 6.97. The number of fused-ring (bicyclic) bond motifs is 4. The fraction of sp³-hybridized carbons (Fsp3) is 0.0943. The van der Waals surface area contributed by atoms with Crippen LogP contribution in [-0.2, 0) is 6.42 Å². The maximum atomic E-state index is 6.22. The van der Waals surface area contributed by atoms with Gasteiger partial charge in [-0.25, -0.2) is 0 Å². The van der Waals surface area contributed by atoms with Gasteiger partial charge in [0, 0.05) is 27.6 Å². The van der Waals surface area contributed by atoms with Gasteiger partial charge < -0.3 is 8.98 Å². The van der Waals surface area contributed by atoms with Crippen LogP contribution in [0.3, 0.4) is 0 Å². The first-order valence-corrected chi connectivity index (χ1v) is 19.6. The summed E-state index contributed by atoms with van der Waals surface area (Å²) in [5.41, 5.74) is 14.0. The van der Waals surface area contributed by atoms with Crippen LogP contribution in [0.5, 0.6) is 0 Å². The number of para-hydroxylation sites is 2.